The smallest absolute Gasteiger partial charge is 0.209 e. The second-order valence-electron chi connectivity index (χ2n) is 12.4. The van der Waals surface area contributed by atoms with E-state index in [0.29, 0.717) is 20.1 Å². The van der Waals surface area contributed by atoms with Crippen LogP contribution < -0.4 is 4.90 Å². The molecule has 5 nitrogen and oxygen atoms in total. The van der Waals surface area contributed by atoms with Gasteiger partial charge in [-0.2, -0.15) is 4.58 Å². The van der Waals surface area contributed by atoms with E-state index in [4.69, 9.17) is 10.8 Å². The Bertz CT molecular complexity index is 1470. The lowest BCUT2D eigenvalue weighted by Gasteiger charge is -2.42. The molecule has 38 heavy (non-hydrogen) atoms. The second kappa shape index (κ2) is 8.38. The summed E-state index contributed by atoms with van der Waals surface area (Å²) >= 11 is 0. The first-order chi connectivity index (χ1) is 18.8. The minimum absolute atomic E-state index is 0.0641. The van der Waals surface area contributed by atoms with Crippen LogP contribution in [0, 0.1) is 0 Å². The average Bonchev–Trinajstić information content (AvgIpc) is 3.31. The molecule has 198 valence electrons. The molecule has 2 aromatic rings. The van der Waals surface area contributed by atoms with Gasteiger partial charge >= 0.3 is 0 Å². The van der Waals surface area contributed by atoms with Crippen molar-refractivity contribution in [1.29, 1.82) is 0 Å². The molecule has 0 saturated heterocycles. The quantitative estimate of drug-likeness (QED) is 0.424. The summed E-state index contributed by atoms with van der Waals surface area (Å²) in [4.78, 5) is 2.53. The Kier molecular flexibility index (Phi) is 5.11. The number of allylic oxidation sites excluding steroid dienone is 1. The van der Waals surface area contributed by atoms with Gasteiger partial charge in [0.25, 0.3) is 0 Å². The van der Waals surface area contributed by atoms with Gasteiger partial charge < -0.3 is 19.5 Å². The molecule has 2 aromatic carbocycles. The van der Waals surface area contributed by atoms with Crippen LogP contribution in [-0.4, -0.2) is 47.3 Å². The molecule has 0 radical (unpaired) electrons. The fourth-order valence-electron chi connectivity index (χ4n) is 7.76. The Balaban J connectivity index is 1.34. The standard InChI is InChI=1S/C33H39N2O3/c1-6-37-19-21-8-10-27-25(16-21)33(4,5)31-23-17-22-28(38-29(23)12-14-35(27)31)11-13-34-26-9-7-20(18-36)15-24(26)32(2,3)30(22)34/h7-10,15-17,28-29,36H,6,11-14,18-19H2,1-5H3/q+1/i1T. The van der Waals surface area contributed by atoms with Gasteiger partial charge in [-0.3, -0.25) is 0 Å². The lowest BCUT2D eigenvalue weighted by atomic mass is 9.73. The van der Waals surface area contributed by atoms with E-state index in [0.717, 1.165) is 31.5 Å². The first-order valence-electron chi connectivity index (χ1n) is 14.8. The molecule has 0 aliphatic carbocycles. The monoisotopic (exact) mass is 513 g/mol. The zero-order chi connectivity index (χ0) is 27.1. The number of benzene rings is 2. The van der Waals surface area contributed by atoms with Crippen LogP contribution in [0.2, 0.25) is 0 Å². The van der Waals surface area contributed by atoms with Gasteiger partial charge in [0.05, 0.1) is 30.8 Å². The molecule has 0 saturated carbocycles. The molecular formula is C33H39N2O3+. The van der Waals surface area contributed by atoms with Crippen LogP contribution in [-0.2, 0) is 33.5 Å². The third-order valence-corrected chi connectivity index (χ3v) is 9.48. The van der Waals surface area contributed by atoms with Crippen molar-refractivity contribution < 1.29 is 20.5 Å². The average molecular weight is 514 g/mol. The molecule has 2 atom stereocenters. The van der Waals surface area contributed by atoms with Gasteiger partial charge in [0.2, 0.25) is 5.69 Å². The predicted octanol–water partition coefficient (Wildman–Crippen LogP) is 5.64. The highest BCUT2D eigenvalue weighted by Crippen LogP contribution is 2.54. The Labute approximate surface area is 227 Å². The number of anilines is 1. The Morgan fingerprint density at radius 2 is 1.87 bits per heavy atom. The largest absolute Gasteiger partial charge is 0.392 e. The molecule has 5 aliphatic rings. The number of aliphatic hydroxyl groups excluding tert-OH is 1. The number of aliphatic hydroxyl groups is 1. The van der Waals surface area contributed by atoms with Crippen LogP contribution in [0.25, 0.3) is 0 Å². The molecular weight excluding hydrogens is 472 g/mol. The molecule has 2 unspecified atom stereocenters. The molecule has 5 heterocycles. The third-order valence-electron chi connectivity index (χ3n) is 9.48. The zero-order valence-electron chi connectivity index (χ0n) is 24.0. The summed E-state index contributed by atoms with van der Waals surface area (Å²) in [6, 6.07) is 13.2. The third kappa shape index (κ3) is 3.25. The number of ether oxygens (including phenoxy) is 2. The van der Waals surface area contributed by atoms with Crippen molar-refractivity contribution in [2.75, 3.05) is 24.6 Å². The van der Waals surface area contributed by atoms with Crippen molar-refractivity contribution in [2.45, 2.75) is 83.7 Å². The summed E-state index contributed by atoms with van der Waals surface area (Å²) in [5, 5.41) is 9.82. The maximum Gasteiger partial charge on any atom is 0.209 e. The van der Waals surface area contributed by atoms with E-state index in [-0.39, 0.29) is 29.6 Å². The summed E-state index contributed by atoms with van der Waals surface area (Å²) in [5.41, 5.74) is 12.4. The van der Waals surface area contributed by atoms with Gasteiger partial charge in [0, 0.05) is 60.5 Å². The normalized spacial score (nSPS) is 26.2. The first kappa shape index (κ1) is 23.2. The lowest BCUT2D eigenvalue weighted by molar-refractivity contribution is -0.445. The van der Waals surface area contributed by atoms with Crippen LogP contribution >= 0.6 is 0 Å². The van der Waals surface area contributed by atoms with Gasteiger partial charge in [-0.15, -0.1) is 0 Å². The van der Waals surface area contributed by atoms with Crippen molar-refractivity contribution >= 4 is 17.1 Å². The highest BCUT2D eigenvalue weighted by molar-refractivity contribution is 6.08. The van der Waals surface area contributed by atoms with Crippen LogP contribution in [0.15, 0.2) is 59.3 Å². The van der Waals surface area contributed by atoms with E-state index in [2.05, 4.69) is 79.6 Å². The topological polar surface area (TPSA) is 44.9 Å². The summed E-state index contributed by atoms with van der Waals surface area (Å²) < 4.78 is 22.5. The van der Waals surface area contributed by atoms with E-state index in [1.807, 2.05) is 0 Å². The highest BCUT2D eigenvalue weighted by Gasteiger charge is 2.54. The molecule has 0 aromatic heterocycles. The van der Waals surface area contributed by atoms with Gasteiger partial charge in [0.15, 0.2) is 12.3 Å². The van der Waals surface area contributed by atoms with Crippen molar-refractivity contribution in [3.05, 3.63) is 81.6 Å². The Morgan fingerprint density at radius 1 is 1.05 bits per heavy atom. The van der Waals surface area contributed by atoms with E-state index < -0.39 is 0 Å². The number of hydrogen-bond acceptors (Lipinski definition) is 4. The number of nitrogens with zero attached hydrogens (tertiary/aromatic N) is 2. The van der Waals surface area contributed by atoms with Gasteiger partial charge in [-0.05, 0) is 62.1 Å². The summed E-state index contributed by atoms with van der Waals surface area (Å²) in [5.74, 6) is 0. The van der Waals surface area contributed by atoms with Gasteiger partial charge in [-0.1, -0.05) is 32.0 Å². The molecule has 0 fully saturated rings. The Morgan fingerprint density at radius 3 is 2.68 bits per heavy atom. The summed E-state index contributed by atoms with van der Waals surface area (Å²) in [6.45, 7) is 12.6. The summed E-state index contributed by atoms with van der Waals surface area (Å²) in [6.07, 6.45) is 4.72. The van der Waals surface area contributed by atoms with E-state index in [1.165, 1.54) is 50.6 Å². The molecule has 5 heteroatoms. The summed E-state index contributed by atoms with van der Waals surface area (Å²) in [7, 11) is 0. The number of rotatable bonds is 4. The van der Waals surface area contributed by atoms with E-state index in [1.54, 1.807) is 0 Å². The molecule has 7 rings (SSSR count). The maximum absolute atomic E-state index is 9.82. The van der Waals surface area contributed by atoms with Crippen LogP contribution in [0.4, 0.5) is 11.4 Å². The van der Waals surface area contributed by atoms with Gasteiger partial charge in [0.1, 0.15) is 0 Å². The maximum atomic E-state index is 9.82. The number of fused-ring (bicyclic) bond motifs is 8. The van der Waals surface area contributed by atoms with Crippen LogP contribution in [0.3, 0.4) is 0 Å². The van der Waals surface area contributed by atoms with Gasteiger partial charge in [-0.25, -0.2) is 0 Å². The molecule has 1 N–H and O–H groups in total. The van der Waals surface area contributed by atoms with Crippen LogP contribution in [0.1, 0.15) is 71.1 Å². The van der Waals surface area contributed by atoms with Crippen molar-refractivity contribution in [3.63, 3.8) is 0 Å². The zero-order valence-corrected chi connectivity index (χ0v) is 23.0. The van der Waals surface area contributed by atoms with Crippen LogP contribution in [0.5, 0.6) is 0 Å². The van der Waals surface area contributed by atoms with Crippen molar-refractivity contribution in [2.24, 2.45) is 0 Å². The SMILES string of the molecule is [3H]CCOCc1ccc2c(c1)C(C)(C)C1=C3C=C4C5=[N+](CCC4OC3CCN12)c1ccc(CO)cc1C5(C)C. The fraction of sp³-hybridized carbons (Fsp3) is 0.485. The number of hydrogen-bond donors (Lipinski definition) is 1. The van der Waals surface area contributed by atoms with Crippen molar-refractivity contribution in [3.8, 4) is 0 Å². The second-order valence-corrected chi connectivity index (χ2v) is 12.4. The molecule has 0 bridgehead atoms. The van der Waals surface area contributed by atoms with Crippen molar-refractivity contribution in [1.82, 2.24) is 0 Å². The predicted molar refractivity (Wildman–Crippen MR) is 150 cm³/mol. The fourth-order valence-corrected chi connectivity index (χ4v) is 7.76. The molecule has 5 aliphatic heterocycles. The molecule has 0 spiro atoms. The first-order valence-corrected chi connectivity index (χ1v) is 14.0. The van der Waals surface area contributed by atoms with E-state index in [9.17, 15) is 5.11 Å². The van der Waals surface area contributed by atoms with E-state index >= 15 is 0 Å². The molecule has 0 amide bonds. The minimum Gasteiger partial charge on any atom is -0.392 e. The highest BCUT2D eigenvalue weighted by atomic mass is 16.5. The lowest BCUT2D eigenvalue weighted by Crippen LogP contribution is -2.47. The minimum atomic E-state index is -0.164. The Hall–Kier alpha value is -2.73.